The summed E-state index contributed by atoms with van der Waals surface area (Å²) in [7, 11) is 0. The number of aromatic hydroxyl groups is 1. The van der Waals surface area contributed by atoms with Gasteiger partial charge < -0.3 is 5.11 Å². The maximum absolute atomic E-state index is 11.9. The lowest BCUT2D eigenvalue weighted by Gasteiger charge is -2.14. The molecule has 0 aliphatic heterocycles. The van der Waals surface area contributed by atoms with Crippen molar-refractivity contribution in [3.8, 4) is 5.75 Å². The Morgan fingerprint density at radius 2 is 1.61 bits per heavy atom. The van der Waals surface area contributed by atoms with Gasteiger partial charge in [0.15, 0.2) is 5.78 Å². The second-order valence-electron chi connectivity index (χ2n) is 6.72. The SMILES string of the molecule is CCCCCCCCCCC(C)c1ccc(O)c(C(=O)CC)c1. The minimum Gasteiger partial charge on any atom is -0.507 e. The number of hydrogen-bond donors (Lipinski definition) is 1. The van der Waals surface area contributed by atoms with E-state index in [4.69, 9.17) is 0 Å². The zero-order valence-electron chi connectivity index (χ0n) is 15.2. The van der Waals surface area contributed by atoms with Crippen LogP contribution >= 0.6 is 0 Å². The molecule has 0 aliphatic carbocycles. The molecule has 0 radical (unpaired) electrons. The number of benzene rings is 1. The minimum absolute atomic E-state index is 0.0172. The van der Waals surface area contributed by atoms with Crippen LogP contribution in [0.4, 0.5) is 0 Å². The lowest BCUT2D eigenvalue weighted by molar-refractivity contribution is 0.0985. The molecule has 1 aromatic rings. The van der Waals surface area contributed by atoms with Crippen LogP contribution in [0.2, 0.25) is 0 Å². The number of rotatable bonds is 12. The van der Waals surface area contributed by atoms with Crippen molar-refractivity contribution in [1.82, 2.24) is 0 Å². The van der Waals surface area contributed by atoms with E-state index < -0.39 is 0 Å². The smallest absolute Gasteiger partial charge is 0.166 e. The Kier molecular flexibility index (Phi) is 9.66. The number of phenols is 1. The van der Waals surface area contributed by atoms with E-state index in [0.29, 0.717) is 17.9 Å². The van der Waals surface area contributed by atoms with E-state index in [1.54, 1.807) is 6.07 Å². The third-order valence-electron chi connectivity index (χ3n) is 4.70. The fourth-order valence-electron chi connectivity index (χ4n) is 3.03. The predicted octanol–water partition coefficient (Wildman–Crippen LogP) is 6.62. The zero-order chi connectivity index (χ0) is 17.1. The standard InChI is InChI=1S/C21H34O2/c1-4-6-7-8-9-10-11-12-13-17(3)18-14-15-21(23)19(16-18)20(22)5-2/h14-17,23H,4-13H2,1-3H3. The molecule has 1 rings (SSSR count). The summed E-state index contributed by atoms with van der Waals surface area (Å²) >= 11 is 0. The molecule has 0 fully saturated rings. The number of Topliss-reactive ketones (excluding diaryl/α,β-unsaturated/α-hetero) is 1. The average Bonchev–Trinajstić information content (AvgIpc) is 2.56. The molecule has 23 heavy (non-hydrogen) atoms. The molecule has 0 spiro atoms. The highest BCUT2D eigenvalue weighted by Crippen LogP contribution is 2.27. The van der Waals surface area contributed by atoms with Gasteiger partial charge in [0.05, 0.1) is 5.56 Å². The van der Waals surface area contributed by atoms with Crippen LogP contribution in [0.3, 0.4) is 0 Å². The van der Waals surface area contributed by atoms with Gasteiger partial charge in [-0.2, -0.15) is 0 Å². The van der Waals surface area contributed by atoms with E-state index in [2.05, 4.69) is 13.8 Å². The summed E-state index contributed by atoms with van der Waals surface area (Å²) in [6.45, 7) is 6.30. The summed E-state index contributed by atoms with van der Waals surface area (Å²) < 4.78 is 0. The number of unbranched alkanes of at least 4 members (excludes halogenated alkanes) is 7. The molecular weight excluding hydrogens is 284 g/mol. The molecule has 0 aromatic heterocycles. The maximum Gasteiger partial charge on any atom is 0.166 e. The Labute approximate surface area is 142 Å². The first kappa shape index (κ1) is 19.7. The van der Waals surface area contributed by atoms with Crippen LogP contribution in [0.15, 0.2) is 18.2 Å². The Morgan fingerprint density at radius 3 is 2.22 bits per heavy atom. The zero-order valence-corrected chi connectivity index (χ0v) is 15.2. The number of carbonyl (C=O) groups is 1. The van der Waals surface area contributed by atoms with Gasteiger partial charge in [0.2, 0.25) is 0 Å². The Morgan fingerprint density at radius 1 is 1.00 bits per heavy atom. The van der Waals surface area contributed by atoms with Gasteiger partial charge >= 0.3 is 0 Å². The van der Waals surface area contributed by atoms with Crippen LogP contribution in [-0.4, -0.2) is 10.9 Å². The molecule has 0 amide bonds. The molecule has 1 N–H and O–H groups in total. The molecule has 0 heterocycles. The number of ketones is 1. The van der Waals surface area contributed by atoms with Gasteiger partial charge in [-0.1, -0.05) is 78.2 Å². The number of hydrogen-bond acceptors (Lipinski definition) is 2. The molecule has 0 bridgehead atoms. The van der Waals surface area contributed by atoms with E-state index in [1.807, 2.05) is 19.1 Å². The van der Waals surface area contributed by atoms with Gasteiger partial charge in [-0.15, -0.1) is 0 Å². The third kappa shape index (κ3) is 7.20. The van der Waals surface area contributed by atoms with Crippen LogP contribution in [0, 0.1) is 0 Å². The van der Waals surface area contributed by atoms with E-state index in [1.165, 1.54) is 56.9 Å². The van der Waals surface area contributed by atoms with Gasteiger partial charge in [0, 0.05) is 6.42 Å². The molecular formula is C21H34O2. The Bertz CT molecular complexity index is 465. The lowest BCUT2D eigenvalue weighted by Crippen LogP contribution is -2.01. The van der Waals surface area contributed by atoms with Gasteiger partial charge in [-0.25, -0.2) is 0 Å². The number of carbonyl (C=O) groups excluding carboxylic acids is 1. The molecule has 0 saturated heterocycles. The molecule has 0 aliphatic rings. The fourth-order valence-corrected chi connectivity index (χ4v) is 3.03. The summed E-state index contributed by atoms with van der Waals surface area (Å²) in [6, 6.07) is 5.51. The van der Waals surface area contributed by atoms with Gasteiger partial charge in [-0.3, -0.25) is 4.79 Å². The topological polar surface area (TPSA) is 37.3 Å². The predicted molar refractivity (Wildman–Crippen MR) is 98.4 cm³/mol. The second kappa shape index (κ2) is 11.3. The third-order valence-corrected chi connectivity index (χ3v) is 4.70. The van der Waals surface area contributed by atoms with E-state index in [0.717, 1.165) is 6.42 Å². The molecule has 0 saturated carbocycles. The van der Waals surface area contributed by atoms with Crippen molar-refractivity contribution >= 4 is 5.78 Å². The summed E-state index contributed by atoms with van der Waals surface area (Å²) in [5.74, 6) is 0.572. The lowest BCUT2D eigenvalue weighted by atomic mass is 9.92. The van der Waals surface area contributed by atoms with Gasteiger partial charge in [0.25, 0.3) is 0 Å². The summed E-state index contributed by atoms with van der Waals surface area (Å²) in [5, 5.41) is 9.83. The first-order chi connectivity index (χ1) is 11.1. The Balaban J connectivity index is 2.35. The summed E-state index contributed by atoms with van der Waals surface area (Å²) in [5.41, 5.74) is 1.65. The van der Waals surface area contributed by atoms with Gasteiger partial charge in [0.1, 0.15) is 5.75 Å². The average molecular weight is 319 g/mol. The van der Waals surface area contributed by atoms with Crippen LogP contribution in [0.1, 0.15) is 107 Å². The van der Waals surface area contributed by atoms with Crippen LogP contribution in [-0.2, 0) is 0 Å². The van der Waals surface area contributed by atoms with Crippen molar-refractivity contribution in [2.45, 2.75) is 90.9 Å². The van der Waals surface area contributed by atoms with Crippen molar-refractivity contribution < 1.29 is 9.90 Å². The van der Waals surface area contributed by atoms with E-state index in [9.17, 15) is 9.90 Å². The summed E-state index contributed by atoms with van der Waals surface area (Å²) in [4.78, 5) is 11.9. The fraction of sp³-hybridized carbons (Fsp3) is 0.667. The monoisotopic (exact) mass is 318 g/mol. The molecule has 1 atom stereocenters. The molecule has 2 nitrogen and oxygen atoms in total. The first-order valence-corrected chi connectivity index (χ1v) is 9.46. The van der Waals surface area contributed by atoms with Crippen molar-refractivity contribution in [2.75, 3.05) is 0 Å². The van der Waals surface area contributed by atoms with Crippen molar-refractivity contribution in [2.24, 2.45) is 0 Å². The quantitative estimate of drug-likeness (QED) is 0.347. The van der Waals surface area contributed by atoms with Gasteiger partial charge in [-0.05, 0) is 30.0 Å². The highest BCUT2D eigenvalue weighted by Gasteiger charge is 2.13. The normalized spacial score (nSPS) is 12.3. The van der Waals surface area contributed by atoms with E-state index in [-0.39, 0.29) is 11.5 Å². The second-order valence-corrected chi connectivity index (χ2v) is 6.72. The minimum atomic E-state index is 0.0172. The van der Waals surface area contributed by atoms with E-state index >= 15 is 0 Å². The molecule has 2 heteroatoms. The summed E-state index contributed by atoms with van der Waals surface area (Å²) in [6.07, 6.45) is 12.3. The maximum atomic E-state index is 11.9. The highest BCUT2D eigenvalue weighted by molar-refractivity contribution is 5.98. The molecule has 130 valence electrons. The Hall–Kier alpha value is -1.31. The number of phenolic OH excluding ortho intramolecular Hbond substituents is 1. The van der Waals surface area contributed by atoms with Crippen LogP contribution in [0.25, 0.3) is 0 Å². The van der Waals surface area contributed by atoms with Crippen molar-refractivity contribution in [1.29, 1.82) is 0 Å². The van der Waals surface area contributed by atoms with Crippen LogP contribution in [0.5, 0.6) is 5.75 Å². The largest absolute Gasteiger partial charge is 0.507 e. The first-order valence-electron chi connectivity index (χ1n) is 9.46. The van der Waals surface area contributed by atoms with Crippen molar-refractivity contribution in [3.63, 3.8) is 0 Å². The highest BCUT2D eigenvalue weighted by atomic mass is 16.3. The van der Waals surface area contributed by atoms with Crippen LogP contribution < -0.4 is 0 Å². The molecule has 1 aromatic carbocycles. The van der Waals surface area contributed by atoms with Crippen molar-refractivity contribution in [3.05, 3.63) is 29.3 Å². The molecule has 1 unspecified atom stereocenters.